The van der Waals surface area contributed by atoms with Gasteiger partial charge < -0.3 is 14.8 Å². The minimum atomic E-state index is -0.0581. The van der Waals surface area contributed by atoms with E-state index in [-0.39, 0.29) is 12.1 Å². The molecule has 5 heteroatoms. The number of aromatic nitrogens is 2. The molecule has 178 valence electrons. The van der Waals surface area contributed by atoms with E-state index in [0.29, 0.717) is 0 Å². The summed E-state index contributed by atoms with van der Waals surface area (Å²) in [4.78, 5) is 7.00. The van der Waals surface area contributed by atoms with Crippen LogP contribution in [0.2, 0.25) is 0 Å². The van der Waals surface area contributed by atoms with Crippen LogP contribution >= 0.6 is 12.2 Å². The van der Waals surface area contributed by atoms with Crippen molar-refractivity contribution in [3.8, 4) is 5.69 Å². The fourth-order valence-electron chi connectivity index (χ4n) is 5.41. The van der Waals surface area contributed by atoms with Crippen LogP contribution in [0.15, 0.2) is 66.9 Å². The molecule has 0 amide bonds. The number of rotatable bonds is 4. The van der Waals surface area contributed by atoms with Crippen molar-refractivity contribution in [1.29, 1.82) is 0 Å². The highest BCUT2D eigenvalue weighted by atomic mass is 32.1. The maximum Gasteiger partial charge on any atom is 0.174 e. The summed E-state index contributed by atoms with van der Waals surface area (Å²) in [6.45, 7) is 13.1. The van der Waals surface area contributed by atoms with Crippen molar-refractivity contribution in [3.05, 3.63) is 112 Å². The second-order valence-corrected chi connectivity index (χ2v) is 10.1. The standard InChI is InChI=1S/C30H32N4S/c1-18-13-14-24(16-21(18)4)34-29(27(32-30(34)35)26-12-7-8-15-31-26)25-17-22(5)33(23(25)6)28-19(2)10-9-11-20(28)3/h7-17,27,29H,1-6H3,(H,32,35). The summed E-state index contributed by atoms with van der Waals surface area (Å²) in [5, 5.41) is 4.33. The molecule has 5 rings (SSSR count). The second-order valence-electron chi connectivity index (χ2n) is 9.67. The first-order valence-corrected chi connectivity index (χ1v) is 12.5. The molecule has 0 aliphatic carbocycles. The molecule has 1 saturated heterocycles. The lowest BCUT2D eigenvalue weighted by Gasteiger charge is -2.29. The van der Waals surface area contributed by atoms with Gasteiger partial charge in [0, 0.05) is 23.3 Å². The van der Waals surface area contributed by atoms with E-state index in [0.717, 1.165) is 16.5 Å². The van der Waals surface area contributed by atoms with Crippen molar-refractivity contribution >= 4 is 23.0 Å². The van der Waals surface area contributed by atoms with Gasteiger partial charge in [-0.2, -0.15) is 0 Å². The second kappa shape index (κ2) is 8.97. The van der Waals surface area contributed by atoms with Crippen molar-refractivity contribution in [1.82, 2.24) is 14.9 Å². The highest BCUT2D eigenvalue weighted by Gasteiger charge is 2.42. The Kier molecular flexibility index (Phi) is 5.97. The first-order chi connectivity index (χ1) is 16.8. The molecule has 2 aromatic carbocycles. The van der Waals surface area contributed by atoms with Crippen LogP contribution in [-0.4, -0.2) is 14.7 Å². The molecule has 1 N–H and O–H groups in total. The number of para-hydroxylation sites is 1. The monoisotopic (exact) mass is 480 g/mol. The van der Waals surface area contributed by atoms with E-state index in [1.165, 1.54) is 44.9 Å². The van der Waals surface area contributed by atoms with Gasteiger partial charge in [0.25, 0.3) is 0 Å². The normalized spacial score (nSPS) is 17.7. The molecule has 4 nitrogen and oxygen atoms in total. The van der Waals surface area contributed by atoms with Gasteiger partial charge in [0.1, 0.15) is 0 Å². The van der Waals surface area contributed by atoms with Gasteiger partial charge in [-0.05, 0) is 112 Å². The van der Waals surface area contributed by atoms with E-state index < -0.39 is 0 Å². The maximum atomic E-state index is 5.95. The van der Waals surface area contributed by atoms with Gasteiger partial charge in [-0.15, -0.1) is 0 Å². The van der Waals surface area contributed by atoms with E-state index in [1.54, 1.807) is 0 Å². The quantitative estimate of drug-likeness (QED) is 0.322. The number of nitrogens with zero attached hydrogens (tertiary/aromatic N) is 3. The van der Waals surface area contributed by atoms with Crippen molar-refractivity contribution in [2.24, 2.45) is 0 Å². The van der Waals surface area contributed by atoms with E-state index >= 15 is 0 Å². The first-order valence-electron chi connectivity index (χ1n) is 12.1. The Balaban J connectivity index is 1.72. The van der Waals surface area contributed by atoms with Gasteiger partial charge in [-0.3, -0.25) is 4.98 Å². The maximum absolute atomic E-state index is 5.95. The van der Waals surface area contributed by atoms with Crippen molar-refractivity contribution in [2.45, 2.75) is 53.6 Å². The molecular weight excluding hydrogens is 448 g/mol. The summed E-state index contributed by atoms with van der Waals surface area (Å²) in [7, 11) is 0. The van der Waals surface area contributed by atoms with Gasteiger partial charge in [0.2, 0.25) is 0 Å². The minimum absolute atomic E-state index is 0.0243. The van der Waals surface area contributed by atoms with Crippen LogP contribution in [0.25, 0.3) is 5.69 Å². The number of pyridine rings is 1. The predicted molar refractivity (Wildman–Crippen MR) is 149 cm³/mol. The SMILES string of the molecule is Cc1ccc(N2C(=S)NC(c3ccccn3)C2c2cc(C)n(-c3c(C)cccc3C)c2C)cc1C. The molecule has 0 spiro atoms. The average Bonchev–Trinajstić information content (AvgIpc) is 3.32. The molecule has 0 saturated carbocycles. The zero-order valence-corrected chi connectivity index (χ0v) is 22.1. The lowest BCUT2D eigenvalue weighted by molar-refractivity contribution is 0.565. The highest BCUT2D eigenvalue weighted by molar-refractivity contribution is 7.80. The Morgan fingerprint density at radius 1 is 0.800 bits per heavy atom. The van der Waals surface area contributed by atoms with Crippen LogP contribution in [-0.2, 0) is 0 Å². The number of hydrogen-bond acceptors (Lipinski definition) is 2. The third kappa shape index (κ3) is 3.94. The van der Waals surface area contributed by atoms with Gasteiger partial charge in [-0.25, -0.2) is 0 Å². The molecule has 1 fully saturated rings. The molecular formula is C30H32N4S. The van der Waals surface area contributed by atoms with Crippen molar-refractivity contribution in [2.75, 3.05) is 4.90 Å². The molecule has 3 heterocycles. The highest BCUT2D eigenvalue weighted by Crippen LogP contribution is 2.44. The summed E-state index contributed by atoms with van der Waals surface area (Å²) in [6.07, 6.45) is 1.86. The van der Waals surface area contributed by atoms with E-state index in [4.69, 9.17) is 17.2 Å². The Morgan fingerprint density at radius 3 is 2.20 bits per heavy atom. The Hall–Kier alpha value is -3.44. The smallest absolute Gasteiger partial charge is 0.174 e. The zero-order chi connectivity index (χ0) is 24.9. The Bertz CT molecular complexity index is 1400. The van der Waals surface area contributed by atoms with Crippen LogP contribution in [0.1, 0.15) is 57.0 Å². The van der Waals surface area contributed by atoms with Crippen LogP contribution in [0, 0.1) is 41.5 Å². The molecule has 0 radical (unpaired) electrons. The van der Waals surface area contributed by atoms with Crippen LogP contribution in [0.3, 0.4) is 0 Å². The summed E-state index contributed by atoms with van der Waals surface area (Å²) in [5.74, 6) is 0. The third-order valence-electron chi connectivity index (χ3n) is 7.32. The van der Waals surface area contributed by atoms with Crippen molar-refractivity contribution < 1.29 is 0 Å². The lowest BCUT2D eigenvalue weighted by atomic mass is 9.96. The van der Waals surface area contributed by atoms with Crippen LogP contribution < -0.4 is 10.2 Å². The number of benzene rings is 2. The van der Waals surface area contributed by atoms with Crippen LogP contribution in [0.5, 0.6) is 0 Å². The molecule has 1 aliphatic heterocycles. The zero-order valence-electron chi connectivity index (χ0n) is 21.3. The molecule has 1 aliphatic rings. The molecule has 4 aromatic rings. The van der Waals surface area contributed by atoms with E-state index in [1.807, 2.05) is 18.3 Å². The number of thiocarbonyl (C=S) groups is 1. The van der Waals surface area contributed by atoms with Gasteiger partial charge in [-0.1, -0.05) is 30.3 Å². The third-order valence-corrected chi connectivity index (χ3v) is 7.63. The first kappa shape index (κ1) is 23.3. The topological polar surface area (TPSA) is 33.1 Å². The van der Waals surface area contributed by atoms with Gasteiger partial charge in [0.05, 0.1) is 23.5 Å². The average molecular weight is 481 g/mol. The molecule has 2 unspecified atom stereocenters. The summed E-state index contributed by atoms with van der Waals surface area (Å²) in [6, 6.07) is 21.4. The lowest BCUT2D eigenvalue weighted by Crippen LogP contribution is -2.29. The predicted octanol–water partition coefficient (Wildman–Crippen LogP) is 6.90. The number of hydrogen-bond donors (Lipinski definition) is 1. The largest absolute Gasteiger partial charge is 0.351 e. The van der Waals surface area contributed by atoms with Crippen molar-refractivity contribution in [3.63, 3.8) is 0 Å². The fourth-order valence-corrected chi connectivity index (χ4v) is 5.76. The minimum Gasteiger partial charge on any atom is -0.351 e. The number of nitrogens with one attached hydrogen (secondary N) is 1. The molecule has 2 atom stereocenters. The molecule has 0 bridgehead atoms. The Morgan fingerprint density at radius 2 is 1.54 bits per heavy atom. The summed E-state index contributed by atoms with van der Waals surface area (Å²) < 4.78 is 2.40. The summed E-state index contributed by atoms with van der Waals surface area (Å²) >= 11 is 5.95. The van der Waals surface area contributed by atoms with Gasteiger partial charge in [0.15, 0.2) is 5.11 Å². The number of aryl methyl sites for hydroxylation is 5. The van der Waals surface area contributed by atoms with E-state index in [2.05, 4.69) is 105 Å². The van der Waals surface area contributed by atoms with E-state index in [9.17, 15) is 0 Å². The Labute approximate surface area is 213 Å². The van der Waals surface area contributed by atoms with Crippen LogP contribution in [0.4, 0.5) is 5.69 Å². The summed E-state index contributed by atoms with van der Waals surface area (Å²) in [5.41, 5.74) is 12.1. The fraction of sp³-hybridized carbons (Fsp3) is 0.267. The molecule has 2 aromatic heterocycles. The number of anilines is 1. The molecule has 35 heavy (non-hydrogen) atoms. The van der Waals surface area contributed by atoms with Gasteiger partial charge >= 0.3 is 0 Å².